The molecule has 3 aromatic rings. The number of thioether (sulfide) groups is 1. The van der Waals surface area contributed by atoms with Crippen LogP contribution in [0.5, 0.6) is 5.75 Å². The molecule has 0 fully saturated rings. The van der Waals surface area contributed by atoms with E-state index < -0.39 is 11.8 Å². The molecular weight excluding hydrogens is 467 g/mol. The minimum Gasteiger partial charge on any atom is -0.492 e. The summed E-state index contributed by atoms with van der Waals surface area (Å²) in [5.41, 5.74) is 1.21. The van der Waals surface area contributed by atoms with Gasteiger partial charge in [-0.15, -0.1) is 0 Å². The van der Waals surface area contributed by atoms with Gasteiger partial charge >= 0.3 is 0 Å². The van der Waals surface area contributed by atoms with Crippen molar-refractivity contribution in [2.24, 2.45) is 0 Å². The van der Waals surface area contributed by atoms with Crippen LogP contribution < -0.4 is 15.0 Å². The molecule has 0 atom stereocenters. The SMILES string of the molecule is CCOc1ccccc1NC1=C(Sc2ccc(Cl)cc2)C(=O)N(c2ccc(Cl)cc2)C1=O. The summed E-state index contributed by atoms with van der Waals surface area (Å²) in [7, 11) is 0. The normalized spacial score (nSPS) is 13.7. The molecule has 0 aliphatic carbocycles. The Kier molecular flexibility index (Phi) is 6.74. The Morgan fingerprint density at radius 1 is 0.875 bits per heavy atom. The number of nitrogens with one attached hydrogen (secondary N) is 1. The van der Waals surface area contributed by atoms with Crippen LogP contribution in [0.2, 0.25) is 10.0 Å². The van der Waals surface area contributed by atoms with Gasteiger partial charge in [-0.3, -0.25) is 9.59 Å². The van der Waals surface area contributed by atoms with Crippen LogP contribution in [-0.2, 0) is 9.59 Å². The van der Waals surface area contributed by atoms with E-state index in [4.69, 9.17) is 27.9 Å². The first-order valence-corrected chi connectivity index (χ1v) is 11.4. The second-order valence-corrected chi connectivity index (χ2v) is 8.69. The molecule has 0 saturated carbocycles. The first kappa shape index (κ1) is 22.3. The Morgan fingerprint density at radius 2 is 1.50 bits per heavy atom. The van der Waals surface area contributed by atoms with Crippen molar-refractivity contribution in [1.82, 2.24) is 0 Å². The summed E-state index contributed by atoms with van der Waals surface area (Å²) in [4.78, 5) is 29.0. The quantitative estimate of drug-likeness (QED) is 0.394. The van der Waals surface area contributed by atoms with Crippen LogP contribution in [0.25, 0.3) is 0 Å². The Hall–Kier alpha value is -2.93. The number of hydrogen-bond acceptors (Lipinski definition) is 5. The lowest BCUT2D eigenvalue weighted by molar-refractivity contribution is -0.120. The summed E-state index contributed by atoms with van der Waals surface area (Å²) in [5.74, 6) is -0.294. The summed E-state index contributed by atoms with van der Waals surface area (Å²) in [6, 6.07) is 20.9. The fraction of sp³-hybridized carbons (Fsp3) is 0.0833. The lowest BCUT2D eigenvalue weighted by Gasteiger charge is -2.16. The van der Waals surface area contributed by atoms with E-state index in [2.05, 4.69) is 5.32 Å². The highest BCUT2D eigenvalue weighted by molar-refractivity contribution is 8.04. The topological polar surface area (TPSA) is 58.6 Å². The number of rotatable bonds is 7. The van der Waals surface area contributed by atoms with Crippen molar-refractivity contribution in [2.75, 3.05) is 16.8 Å². The van der Waals surface area contributed by atoms with Crippen LogP contribution in [0.4, 0.5) is 11.4 Å². The maximum atomic E-state index is 13.4. The number of carbonyl (C=O) groups excluding carboxylic acids is 2. The number of imide groups is 1. The first-order valence-electron chi connectivity index (χ1n) is 9.79. The van der Waals surface area contributed by atoms with E-state index in [1.165, 1.54) is 11.8 Å². The Labute approximate surface area is 200 Å². The fourth-order valence-electron chi connectivity index (χ4n) is 3.15. The maximum absolute atomic E-state index is 13.4. The second kappa shape index (κ2) is 9.69. The number of benzene rings is 3. The standard InChI is InChI=1S/C24H18Cl2N2O3S/c1-2-31-20-6-4-3-5-19(20)27-21-22(32-18-13-9-16(26)10-14-18)24(30)28(23(21)29)17-11-7-15(25)8-12-17/h3-14,27H,2H2,1H3. The van der Waals surface area contributed by atoms with Crippen LogP contribution in [-0.4, -0.2) is 18.4 Å². The summed E-state index contributed by atoms with van der Waals surface area (Å²) in [6.07, 6.45) is 0. The highest BCUT2D eigenvalue weighted by Gasteiger charge is 2.40. The zero-order valence-corrected chi connectivity index (χ0v) is 19.3. The summed E-state index contributed by atoms with van der Waals surface area (Å²) >= 11 is 13.2. The van der Waals surface area contributed by atoms with Gasteiger partial charge in [-0.05, 0) is 67.6 Å². The lowest BCUT2D eigenvalue weighted by atomic mass is 10.2. The van der Waals surface area contributed by atoms with E-state index in [0.29, 0.717) is 33.8 Å². The first-order chi connectivity index (χ1) is 15.5. The van der Waals surface area contributed by atoms with E-state index in [0.717, 1.165) is 9.80 Å². The molecule has 1 aliphatic rings. The monoisotopic (exact) mass is 484 g/mol. The molecule has 0 aromatic heterocycles. The average molecular weight is 485 g/mol. The number of carbonyl (C=O) groups is 2. The minimum absolute atomic E-state index is 0.178. The smallest absolute Gasteiger partial charge is 0.283 e. The molecule has 4 rings (SSSR count). The Bertz CT molecular complexity index is 1190. The van der Waals surface area contributed by atoms with Crippen molar-refractivity contribution in [3.05, 3.63) is 93.4 Å². The van der Waals surface area contributed by atoms with Gasteiger partial charge < -0.3 is 10.1 Å². The fourth-order valence-corrected chi connectivity index (χ4v) is 4.32. The molecule has 1 heterocycles. The molecule has 3 aromatic carbocycles. The van der Waals surface area contributed by atoms with Crippen molar-refractivity contribution in [3.63, 3.8) is 0 Å². The average Bonchev–Trinajstić information content (AvgIpc) is 3.01. The van der Waals surface area contributed by atoms with E-state index >= 15 is 0 Å². The number of ether oxygens (including phenoxy) is 1. The number of nitrogens with zero attached hydrogens (tertiary/aromatic N) is 1. The van der Waals surface area contributed by atoms with Gasteiger partial charge in [-0.2, -0.15) is 0 Å². The largest absolute Gasteiger partial charge is 0.492 e. The van der Waals surface area contributed by atoms with Crippen molar-refractivity contribution < 1.29 is 14.3 Å². The van der Waals surface area contributed by atoms with E-state index in [9.17, 15) is 9.59 Å². The number of para-hydroxylation sites is 2. The number of anilines is 2. The molecule has 2 amide bonds. The van der Waals surface area contributed by atoms with Crippen molar-refractivity contribution in [3.8, 4) is 5.75 Å². The predicted octanol–water partition coefficient (Wildman–Crippen LogP) is 6.38. The molecule has 5 nitrogen and oxygen atoms in total. The van der Waals surface area contributed by atoms with Gasteiger partial charge in [0.25, 0.3) is 11.8 Å². The second-order valence-electron chi connectivity index (χ2n) is 6.74. The Morgan fingerprint density at radius 3 is 2.16 bits per heavy atom. The van der Waals surface area contributed by atoms with Gasteiger partial charge in [0.1, 0.15) is 16.4 Å². The molecule has 162 valence electrons. The van der Waals surface area contributed by atoms with Crippen LogP contribution in [0.1, 0.15) is 6.92 Å². The Balaban J connectivity index is 1.75. The van der Waals surface area contributed by atoms with E-state index in [1.54, 1.807) is 60.7 Å². The van der Waals surface area contributed by atoms with Gasteiger partial charge in [0.2, 0.25) is 0 Å². The third-order valence-electron chi connectivity index (χ3n) is 4.61. The zero-order valence-electron chi connectivity index (χ0n) is 17.0. The van der Waals surface area contributed by atoms with Crippen LogP contribution in [0, 0.1) is 0 Å². The third kappa shape index (κ3) is 4.63. The van der Waals surface area contributed by atoms with Crippen LogP contribution in [0.15, 0.2) is 88.3 Å². The molecule has 0 radical (unpaired) electrons. The third-order valence-corrected chi connectivity index (χ3v) is 6.20. The molecule has 0 unspecified atom stereocenters. The van der Waals surface area contributed by atoms with Crippen LogP contribution >= 0.6 is 35.0 Å². The van der Waals surface area contributed by atoms with Crippen molar-refractivity contribution in [1.29, 1.82) is 0 Å². The van der Waals surface area contributed by atoms with Gasteiger partial charge in [0.15, 0.2) is 0 Å². The van der Waals surface area contributed by atoms with E-state index in [1.807, 2.05) is 19.1 Å². The molecular formula is C24H18Cl2N2O3S. The number of halogens is 2. The summed E-state index contributed by atoms with van der Waals surface area (Å²) in [6.45, 7) is 2.35. The number of hydrogen-bond donors (Lipinski definition) is 1. The zero-order chi connectivity index (χ0) is 22.7. The molecule has 8 heteroatoms. The lowest BCUT2D eigenvalue weighted by Crippen LogP contribution is -2.32. The molecule has 0 spiro atoms. The molecule has 0 bridgehead atoms. The molecule has 1 aliphatic heterocycles. The predicted molar refractivity (Wildman–Crippen MR) is 130 cm³/mol. The highest BCUT2D eigenvalue weighted by Crippen LogP contribution is 2.39. The van der Waals surface area contributed by atoms with Crippen molar-refractivity contribution >= 4 is 58.2 Å². The van der Waals surface area contributed by atoms with Gasteiger partial charge in [0, 0.05) is 14.9 Å². The van der Waals surface area contributed by atoms with Gasteiger partial charge in [-0.25, -0.2) is 4.90 Å². The number of amides is 2. The van der Waals surface area contributed by atoms with Crippen LogP contribution in [0.3, 0.4) is 0 Å². The van der Waals surface area contributed by atoms with Crippen molar-refractivity contribution in [2.45, 2.75) is 11.8 Å². The van der Waals surface area contributed by atoms with Gasteiger partial charge in [0.05, 0.1) is 18.0 Å². The van der Waals surface area contributed by atoms with E-state index in [-0.39, 0.29) is 10.6 Å². The molecule has 1 N–H and O–H groups in total. The van der Waals surface area contributed by atoms with Gasteiger partial charge in [-0.1, -0.05) is 47.1 Å². The maximum Gasteiger partial charge on any atom is 0.283 e. The summed E-state index contributed by atoms with van der Waals surface area (Å²) in [5, 5.41) is 4.24. The highest BCUT2D eigenvalue weighted by atomic mass is 35.5. The minimum atomic E-state index is -0.458. The molecule has 0 saturated heterocycles. The molecule has 32 heavy (non-hydrogen) atoms. The summed E-state index contributed by atoms with van der Waals surface area (Å²) < 4.78 is 5.67.